The number of hydrogen-bond acceptors (Lipinski definition) is 3. The van der Waals surface area contributed by atoms with Gasteiger partial charge in [0.15, 0.2) is 0 Å². The fraction of sp³-hybridized carbons (Fsp3) is 0.700. The fourth-order valence-electron chi connectivity index (χ4n) is 0.974. The van der Waals surface area contributed by atoms with Crippen LogP contribution in [0.3, 0.4) is 0 Å². The first-order chi connectivity index (χ1) is 6.43. The van der Waals surface area contributed by atoms with Gasteiger partial charge in [0.25, 0.3) is 0 Å². The third-order valence-electron chi connectivity index (χ3n) is 1.86. The molecular weight excluding hydrogens is 218 g/mol. The summed E-state index contributed by atoms with van der Waals surface area (Å²) in [6, 6.07) is 0. The quantitative estimate of drug-likeness (QED) is 0.283. The van der Waals surface area contributed by atoms with E-state index in [1.165, 1.54) is 6.08 Å². The lowest BCUT2D eigenvalue weighted by Gasteiger charge is -2.25. The standard InChI is InChI=1S/C10H19NO3.ClH/c1-5-7-8-11(3,4)14-10(13)9(12)6-2;/h6H,5,7-8H2,1-4H3;1H. The molecule has 0 unspecified atom stereocenters. The Hall–Kier alpha value is -0.740. The van der Waals surface area contributed by atoms with Crippen molar-refractivity contribution in [1.82, 2.24) is 0 Å². The van der Waals surface area contributed by atoms with Crippen molar-refractivity contribution in [1.29, 1.82) is 0 Å². The summed E-state index contributed by atoms with van der Waals surface area (Å²) in [4.78, 5) is 16.3. The van der Waals surface area contributed by atoms with Crippen LogP contribution in [-0.2, 0) is 9.63 Å². The highest BCUT2D eigenvalue weighted by molar-refractivity contribution is 5.84. The van der Waals surface area contributed by atoms with Gasteiger partial charge in [0.05, 0.1) is 0 Å². The Balaban J connectivity index is 0. The maximum Gasteiger partial charge on any atom is 0.430 e. The minimum absolute atomic E-state index is 0. The first-order valence-corrected chi connectivity index (χ1v) is 4.85. The lowest BCUT2D eigenvalue weighted by Crippen LogP contribution is -3.00. The molecule has 1 N–H and O–H groups in total. The number of carbonyl (C=O) groups is 1. The monoisotopic (exact) mass is 237 g/mol. The molecular formula is C10H20ClNO3. The molecule has 0 aliphatic carbocycles. The van der Waals surface area contributed by atoms with Gasteiger partial charge in [-0.25, -0.2) is 4.79 Å². The Labute approximate surface area is 97.5 Å². The van der Waals surface area contributed by atoms with E-state index in [0.717, 1.165) is 19.4 Å². The zero-order chi connectivity index (χ0) is 11.2. The van der Waals surface area contributed by atoms with E-state index in [-0.39, 0.29) is 22.8 Å². The van der Waals surface area contributed by atoms with Crippen LogP contribution >= 0.6 is 0 Å². The molecule has 0 spiro atoms. The highest BCUT2D eigenvalue weighted by Crippen LogP contribution is 2.06. The van der Waals surface area contributed by atoms with Crippen LogP contribution in [0.4, 0.5) is 0 Å². The average Bonchev–Trinajstić information content (AvgIpc) is 2.12. The smallest absolute Gasteiger partial charge is 0.430 e. The van der Waals surface area contributed by atoms with E-state index in [2.05, 4.69) is 6.92 Å². The van der Waals surface area contributed by atoms with Crippen LogP contribution in [0.2, 0.25) is 0 Å². The molecule has 5 heteroatoms. The molecule has 0 heterocycles. The number of unbranched alkanes of at least 4 members (excludes halogenated alkanes) is 1. The molecule has 0 aromatic heterocycles. The van der Waals surface area contributed by atoms with Crippen LogP contribution in [0.5, 0.6) is 0 Å². The van der Waals surface area contributed by atoms with Crippen molar-refractivity contribution in [3.05, 3.63) is 11.8 Å². The first-order valence-electron chi connectivity index (χ1n) is 4.85. The highest BCUT2D eigenvalue weighted by atomic mass is 35.5. The molecule has 4 nitrogen and oxygen atoms in total. The van der Waals surface area contributed by atoms with Crippen LogP contribution in [-0.4, -0.2) is 36.4 Å². The summed E-state index contributed by atoms with van der Waals surface area (Å²) < 4.78 is 0.143. The van der Waals surface area contributed by atoms with Crippen molar-refractivity contribution < 1.29 is 31.8 Å². The van der Waals surface area contributed by atoms with Gasteiger partial charge in [-0.15, -0.1) is 4.65 Å². The molecule has 0 aliphatic rings. The first kappa shape index (κ1) is 16.7. The van der Waals surface area contributed by atoms with Crippen LogP contribution in [0.15, 0.2) is 11.8 Å². The molecule has 0 fully saturated rings. The molecule has 0 radical (unpaired) electrons. The Kier molecular flexibility index (Phi) is 8.38. The Bertz CT molecular complexity index is 227. The molecule has 0 aliphatic heterocycles. The van der Waals surface area contributed by atoms with Crippen molar-refractivity contribution in [3.63, 3.8) is 0 Å². The summed E-state index contributed by atoms with van der Waals surface area (Å²) in [7, 11) is 3.58. The minimum atomic E-state index is -0.673. The molecule has 0 bridgehead atoms. The zero-order valence-corrected chi connectivity index (χ0v) is 10.5. The van der Waals surface area contributed by atoms with E-state index < -0.39 is 5.97 Å². The van der Waals surface area contributed by atoms with E-state index in [4.69, 9.17) is 9.94 Å². The number of hydroxylamine groups is 3. The largest absolute Gasteiger partial charge is 1.00 e. The molecule has 90 valence electrons. The molecule has 0 aromatic carbocycles. The Morgan fingerprint density at radius 1 is 1.47 bits per heavy atom. The number of quaternary nitrogens is 1. The van der Waals surface area contributed by atoms with Crippen molar-refractivity contribution in [3.8, 4) is 0 Å². The number of hydrogen-bond donors (Lipinski definition) is 1. The van der Waals surface area contributed by atoms with Crippen LogP contribution in [0.1, 0.15) is 26.7 Å². The third kappa shape index (κ3) is 7.22. The zero-order valence-electron chi connectivity index (χ0n) is 9.79. The predicted octanol–water partition coefficient (Wildman–Crippen LogP) is -1.21. The summed E-state index contributed by atoms with van der Waals surface area (Å²) >= 11 is 0. The lowest BCUT2D eigenvalue weighted by atomic mass is 10.3. The van der Waals surface area contributed by atoms with Gasteiger partial charge in [-0.2, -0.15) is 0 Å². The van der Waals surface area contributed by atoms with Gasteiger partial charge in [0.2, 0.25) is 5.76 Å². The SMILES string of the molecule is CC=C(O)C(=O)O[N+](C)(C)CCCC.[Cl-]. The van der Waals surface area contributed by atoms with Crippen LogP contribution < -0.4 is 12.4 Å². The molecule has 15 heavy (non-hydrogen) atoms. The Morgan fingerprint density at radius 2 is 2.00 bits per heavy atom. The highest BCUT2D eigenvalue weighted by Gasteiger charge is 2.23. The predicted molar refractivity (Wildman–Crippen MR) is 54.4 cm³/mol. The van der Waals surface area contributed by atoms with Crippen LogP contribution in [0.25, 0.3) is 0 Å². The van der Waals surface area contributed by atoms with Gasteiger partial charge >= 0.3 is 5.97 Å². The van der Waals surface area contributed by atoms with Crippen molar-refractivity contribution in [2.24, 2.45) is 0 Å². The maximum absolute atomic E-state index is 11.2. The molecule has 0 aromatic rings. The van der Waals surface area contributed by atoms with Crippen molar-refractivity contribution >= 4 is 5.97 Å². The number of halogens is 1. The average molecular weight is 238 g/mol. The second kappa shape index (κ2) is 7.54. The second-order valence-corrected chi connectivity index (χ2v) is 3.70. The van der Waals surface area contributed by atoms with E-state index in [1.54, 1.807) is 21.0 Å². The van der Waals surface area contributed by atoms with E-state index in [1.807, 2.05) is 0 Å². The summed E-state index contributed by atoms with van der Waals surface area (Å²) in [6.45, 7) is 4.41. The maximum atomic E-state index is 11.2. The number of aliphatic hydroxyl groups excluding tert-OH is 1. The van der Waals surface area contributed by atoms with E-state index in [9.17, 15) is 4.79 Å². The minimum Gasteiger partial charge on any atom is -1.00 e. The Morgan fingerprint density at radius 3 is 2.40 bits per heavy atom. The van der Waals surface area contributed by atoms with E-state index in [0.29, 0.717) is 0 Å². The van der Waals surface area contributed by atoms with Gasteiger partial charge in [-0.1, -0.05) is 13.3 Å². The van der Waals surface area contributed by atoms with E-state index >= 15 is 0 Å². The fourth-order valence-corrected chi connectivity index (χ4v) is 0.974. The molecule has 0 amide bonds. The number of allylic oxidation sites excluding steroid dienone is 1. The lowest BCUT2D eigenvalue weighted by molar-refractivity contribution is -1.06. The summed E-state index contributed by atoms with van der Waals surface area (Å²) in [5.74, 6) is -1.01. The summed E-state index contributed by atoms with van der Waals surface area (Å²) in [5.41, 5.74) is 0. The third-order valence-corrected chi connectivity index (χ3v) is 1.86. The summed E-state index contributed by atoms with van der Waals surface area (Å²) in [5, 5.41) is 9.09. The second-order valence-electron chi connectivity index (χ2n) is 3.70. The topological polar surface area (TPSA) is 46.5 Å². The summed E-state index contributed by atoms with van der Waals surface area (Å²) in [6.07, 6.45) is 3.36. The van der Waals surface area contributed by atoms with Crippen LogP contribution in [0, 0.1) is 0 Å². The molecule has 0 rings (SSSR count). The molecule has 0 saturated heterocycles. The normalized spacial score (nSPS) is 11.9. The number of rotatable bonds is 5. The molecule has 0 atom stereocenters. The van der Waals surface area contributed by atoms with Gasteiger partial charge in [0, 0.05) is 0 Å². The van der Waals surface area contributed by atoms with Crippen molar-refractivity contribution in [2.75, 3.05) is 20.6 Å². The number of aliphatic hydroxyl groups is 1. The van der Waals surface area contributed by atoms with Gasteiger partial charge < -0.3 is 17.5 Å². The number of carbonyl (C=O) groups excluding carboxylic acids is 1. The van der Waals surface area contributed by atoms with Gasteiger partial charge in [-0.3, -0.25) is 4.84 Å². The van der Waals surface area contributed by atoms with Gasteiger partial charge in [0.1, 0.15) is 20.6 Å². The molecule has 0 saturated carbocycles. The van der Waals surface area contributed by atoms with Gasteiger partial charge in [-0.05, 0) is 19.4 Å². The van der Waals surface area contributed by atoms with Crippen molar-refractivity contribution in [2.45, 2.75) is 26.7 Å². The number of nitrogens with zero attached hydrogens (tertiary/aromatic N) is 1.